The highest BCUT2D eigenvalue weighted by atomic mass is 32.2. The molecule has 0 aliphatic carbocycles. The maximum Gasteiger partial charge on any atom is 0.236 e. The van der Waals surface area contributed by atoms with Gasteiger partial charge in [-0.25, -0.2) is 4.39 Å². The van der Waals surface area contributed by atoms with Crippen molar-refractivity contribution in [3.8, 4) is 0 Å². The minimum atomic E-state index is -0.264. The van der Waals surface area contributed by atoms with Gasteiger partial charge in [0.25, 0.3) is 0 Å². The molecule has 0 spiro atoms. The Labute approximate surface area is 131 Å². The average molecular weight is 321 g/mol. The Morgan fingerprint density at radius 1 is 1.41 bits per heavy atom. The van der Waals surface area contributed by atoms with Crippen molar-refractivity contribution in [2.75, 3.05) is 13.6 Å². The van der Waals surface area contributed by atoms with Gasteiger partial charge in [-0.2, -0.15) is 4.98 Å². The number of hydrogen-bond donors (Lipinski definition) is 0. The molecule has 116 valence electrons. The topological polar surface area (TPSA) is 59.2 Å². The predicted octanol–water partition coefficient (Wildman–Crippen LogP) is 2.26. The van der Waals surface area contributed by atoms with E-state index in [9.17, 15) is 9.18 Å². The lowest BCUT2D eigenvalue weighted by molar-refractivity contribution is -0.126. The Morgan fingerprint density at radius 3 is 2.86 bits per heavy atom. The van der Waals surface area contributed by atoms with Crippen LogP contribution < -0.4 is 0 Å². The van der Waals surface area contributed by atoms with Crippen LogP contribution in [-0.2, 0) is 17.0 Å². The molecule has 2 aromatic rings. The molecule has 3 rings (SSSR count). The second kappa shape index (κ2) is 6.48. The Hall–Kier alpha value is -1.89. The number of likely N-dealkylation sites (tertiary alicyclic amines) is 1. The molecule has 0 unspecified atom stereocenters. The molecule has 0 N–H and O–H groups in total. The van der Waals surface area contributed by atoms with Gasteiger partial charge in [-0.15, -0.1) is 11.8 Å². The van der Waals surface area contributed by atoms with Crippen LogP contribution in [0.5, 0.6) is 0 Å². The minimum absolute atomic E-state index is 0.0163. The third-order valence-electron chi connectivity index (χ3n) is 3.57. The molecular weight excluding hydrogens is 305 g/mol. The molecule has 1 aromatic heterocycles. The van der Waals surface area contributed by atoms with Gasteiger partial charge in [0, 0.05) is 20.0 Å². The summed E-state index contributed by atoms with van der Waals surface area (Å²) in [6.45, 7) is 0.802. The van der Waals surface area contributed by atoms with E-state index in [0.29, 0.717) is 23.9 Å². The lowest BCUT2D eigenvalue weighted by atomic mass is 10.1. The molecule has 1 fully saturated rings. The minimum Gasteiger partial charge on any atom is -0.345 e. The number of hydrogen-bond acceptors (Lipinski definition) is 5. The molecule has 1 saturated heterocycles. The first-order valence-electron chi connectivity index (χ1n) is 7.04. The van der Waals surface area contributed by atoms with Gasteiger partial charge in [-0.1, -0.05) is 17.3 Å². The molecule has 1 atom stereocenters. The molecule has 1 aromatic carbocycles. The first-order valence-corrected chi connectivity index (χ1v) is 8.09. The SMILES string of the molecule is CN1CC[C@H](SCc2nc(Cc3ccc(F)cc3)no2)C1=O. The molecule has 1 amide bonds. The largest absolute Gasteiger partial charge is 0.345 e. The molecule has 1 aliphatic heterocycles. The standard InChI is InChI=1S/C15H16FN3O2S/c1-19-7-6-12(15(19)20)22-9-14-17-13(18-21-14)8-10-2-4-11(16)5-3-10/h2-5,12H,6-9H2,1H3/t12-/m0/s1. The monoisotopic (exact) mass is 321 g/mol. The summed E-state index contributed by atoms with van der Waals surface area (Å²) >= 11 is 1.53. The Morgan fingerprint density at radius 2 is 2.18 bits per heavy atom. The number of rotatable bonds is 5. The maximum atomic E-state index is 12.9. The molecular formula is C15H16FN3O2S. The molecule has 5 nitrogen and oxygen atoms in total. The van der Waals surface area contributed by atoms with Crippen LogP contribution in [0.15, 0.2) is 28.8 Å². The van der Waals surface area contributed by atoms with E-state index >= 15 is 0 Å². The highest BCUT2D eigenvalue weighted by molar-refractivity contribution is 7.99. The van der Waals surface area contributed by atoms with Gasteiger partial charge in [0.2, 0.25) is 11.8 Å². The summed E-state index contributed by atoms with van der Waals surface area (Å²) in [6.07, 6.45) is 1.36. The van der Waals surface area contributed by atoms with Crippen molar-refractivity contribution in [3.63, 3.8) is 0 Å². The maximum absolute atomic E-state index is 12.9. The van der Waals surface area contributed by atoms with Crippen LogP contribution in [0.2, 0.25) is 0 Å². The number of halogens is 1. The van der Waals surface area contributed by atoms with Crippen molar-refractivity contribution in [3.05, 3.63) is 47.4 Å². The summed E-state index contributed by atoms with van der Waals surface area (Å²) in [5.41, 5.74) is 0.925. The second-order valence-corrected chi connectivity index (χ2v) is 6.45. The molecule has 1 aliphatic rings. The van der Waals surface area contributed by atoms with Crippen LogP contribution in [-0.4, -0.2) is 39.8 Å². The molecule has 2 heterocycles. The van der Waals surface area contributed by atoms with Gasteiger partial charge in [0.1, 0.15) is 5.82 Å². The van der Waals surface area contributed by atoms with Gasteiger partial charge >= 0.3 is 0 Å². The number of benzene rings is 1. The first kappa shape index (κ1) is 15.0. The van der Waals surface area contributed by atoms with Crippen LogP contribution in [0.4, 0.5) is 4.39 Å². The lowest BCUT2D eigenvalue weighted by Gasteiger charge is -2.08. The number of nitrogens with zero attached hydrogens (tertiary/aromatic N) is 3. The number of carbonyl (C=O) groups is 1. The van der Waals surface area contributed by atoms with Gasteiger partial charge in [-0.3, -0.25) is 4.79 Å². The summed E-state index contributed by atoms with van der Waals surface area (Å²) in [5.74, 6) is 1.51. The van der Waals surface area contributed by atoms with E-state index in [0.717, 1.165) is 18.5 Å². The molecule has 0 bridgehead atoms. The fourth-order valence-electron chi connectivity index (χ4n) is 2.32. The molecule has 0 radical (unpaired) electrons. The quantitative estimate of drug-likeness (QED) is 0.845. The Kier molecular flexibility index (Phi) is 4.42. The third-order valence-corrected chi connectivity index (χ3v) is 4.83. The normalized spacial score (nSPS) is 18.2. The van der Waals surface area contributed by atoms with E-state index in [1.165, 1.54) is 23.9 Å². The fourth-order valence-corrected chi connectivity index (χ4v) is 3.38. The van der Waals surface area contributed by atoms with Crippen molar-refractivity contribution < 1.29 is 13.7 Å². The molecule has 0 saturated carbocycles. The van der Waals surface area contributed by atoms with Crippen molar-refractivity contribution in [1.29, 1.82) is 0 Å². The number of amides is 1. The molecule has 7 heteroatoms. The van der Waals surface area contributed by atoms with Gasteiger partial charge in [0.05, 0.1) is 11.0 Å². The highest BCUT2D eigenvalue weighted by Gasteiger charge is 2.29. The van der Waals surface area contributed by atoms with Crippen LogP contribution >= 0.6 is 11.8 Å². The summed E-state index contributed by atoms with van der Waals surface area (Å²) in [4.78, 5) is 17.9. The van der Waals surface area contributed by atoms with Gasteiger partial charge < -0.3 is 9.42 Å². The predicted molar refractivity (Wildman–Crippen MR) is 80.8 cm³/mol. The number of thioether (sulfide) groups is 1. The van der Waals surface area contributed by atoms with E-state index in [1.54, 1.807) is 17.0 Å². The zero-order valence-electron chi connectivity index (χ0n) is 12.2. The fraction of sp³-hybridized carbons (Fsp3) is 0.400. The second-order valence-electron chi connectivity index (χ2n) is 5.26. The molecule has 22 heavy (non-hydrogen) atoms. The van der Waals surface area contributed by atoms with E-state index in [4.69, 9.17) is 4.52 Å². The zero-order valence-corrected chi connectivity index (χ0v) is 13.0. The van der Waals surface area contributed by atoms with Crippen LogP contribution in [0.25, 0.3) is 0 Å². The van der Waals surface area contributed by atoms with Gasteiger partial charge in [0.15, 0.2) is 5.82 Å². The van der Waals surface area contributed by atoms with E-state index in [1.807, 2.05) is 7.05 Å². The lowest BCUT2D eigenvalue weighted by Crippen LogP contribution is -2.23. The Balaban J connectivity index is 1.55. The summed E-state index contributed by atoms with van der Waals surface area (Å²) in [5, 5.41) is 3.91. The third kappa shape index (κ3) is 3.47. The zero-order chi connectivity index (χ0) is 15.5. The average Bonchev–Trinajstić information content (AvgIpc) is 3.08. The van der Waals surface area contributed by atoms with Crippen molar-refractivity contribution in [2.45, 2.75) is 23.8 Å². The van der Waals surface area contributed by atoms with Crippen molar-refractivity contribution in [1.82, 2.24) is 15.0 Å². The van der Waals surface area contributed by atoms with Crippen LogP contribution in [0, 0.1) is 5.82 Å². The first-order chi connectivity index (χ1) is 10.6. The number of aromatic nitrogens is 2. The summed E-state index contributed by atoms with van der Waals surface area (Å²) in [6, 6.07) is 6.23. The van der Waals surface area contributed by atoms with Crippen molar-refractivity contribution >= 4 is 17.7 Å². The van der Waals surface area contributed by atoms with E-state index in [2.05, 4.69) is 10.1 Å². The summed E-state index contributed by atoms with van der Waals surface area (Å²) < 4.78 is 18.1. The smallest absolute Gasteiger partial charge is 0.236 e. The van der Waals surface area contributed by atoms with Crippen molar-refractivity contribution in [2.24, 2.45) is 0 Å². The van der Waals surface area contributed by atoms with E-state index in [-0.39, 0.29) is 17.0 Å². The Bertz CT molecular complexity index is 659. The highest BCUT2D eigenvalue weighted by Crippen LogP contribution is 2.25. The van der Waals surface area contributed by atoms with Gasteiger partial charge in [-0.05, 0) is 24.1 Å². The van der Waals surface area contributed by atoms with E-state index < -0.39 is 0 Å². The van der Waals surface area contributed by atoms with Crippen LogP contribution in [0.3, 0.4) is 0 Å². The van der Waals surface area contributed by atoms with Crippen LogP contribution in [0.1, 0.15) is 23.7 Å². The summed E-state index contributed by atoms with van der Waals surface area (Å²) in [7, 11) is 1.82. The number of carbonyl (C=O) groups excluding carboxylic acids is 1.